The molecule has 0 fully saturated rings. The molecule has 10 heteroatoms. The van der Waals surface area contributed by atoms with Crippen LogP contribution in [-0.4, -0.2) is 44.9 Å². The normalized spacial score (nSPS) is 14.0. The first-order chi connectivity index (χ1) is 13.3. The number of hydrogen-bond acceptors (Lipinski definition) is 5. The summed E-state index contributed by atoms with van der Waals surface area (Å²) in [5, 5.41) is 16.5. The molecule has 2 rings (SSSR count). The fourth-order valence-electron chi connectivity index (χ4n) is 2.40. The standard InChI is InChI=1S/C19H28N4O4S.HI/c1-3-20-18(22-15-19(2,24)17-10-7-12-27-17)21-11-13-28(25,26)23-14-16-8-5-4-6-9-16;/h4-10,12,23-24H,3,11,13-15H2,1-2H3,(H2,20,21,22);1H. The van der Waals surface area contributed by atoms with Crippen molar-refractivity contribution < 1.29 is 17.9 Å². The molecule has 162 valence electrons. The Morgan fingerprint density at radius 1 is 1.17 bits per heavy atom. The Labute approximate surface area is 189 Å². The van der Waals surface area contributed by atoms with Crippen molar-refractivity contribution in [3.63, 3.8) is 0 Å². The molecule has 0 aliphatic rings. The molecule has 0 aliphatic heterocycles. The molecule has 29 heavy (non-hydrogen) atoms. The summed E-state index contributed by atoms with van der Waals surface area (Å²) in [7, 11) is -3.43. The number of nitrogens with zero attached hydrogens (tertiary/aromatic N) is 1. The van der Waals surface area contributed by atoms with Gasteiger partial charge in [-0.25, -0.2) is 18.1 Å². The van der Waals surface area contributed by atoms with Crippen LogP contribution in [0.1, 0.15) is 25.2 Å². The minimum Gasteiger partial charge on any atom is -0.466 e. The van der Waals surface area contributed by atoms with E-state index in [1.165, 1.54) is 6.26 Å². The number of hydrogen-bond donors (Lipinski definition) is 4. The Kier molecular flexibility index (Phi) is 10.6. The fourth-order valence-corrected chi connectivity index (χ4v) is 3.30. The van der Waals surface area contributed by atoms with Crippen molar-refractivity contribution >= 4 is 40.0 Å². The lowest BCUT2D eigenvalue weighted by molar-refractivity contribution is 0.0437. The summed E-state index contributed by atoms with van der Waals surface area (Å²) in [6.07, 6.45) is 1.49. The third kappa shape index (κ3) is 9.15. The summed E-state index contributed by atoms with van der Waals surface area (Å²) < 4.78 is 32.1. The summed E-state index contributed by atoms with van der Waals surface area (Å²) in [6, 6.07) is 12.7. The summed E-state index contributed by atoms with van der Waals surface area (Å²) in [5.41, 5.74) is -0.357. The van der Waals surface area contributed by atoms with Crippen molar-refractivity contribution in [2.24, 2.45) is 4.99 Å². The van der Waals surface area contributed by atoms with Crippen LogP contribution in [0.25, 0.3) is 0 Å². The zero-order valence-electron chi connectivity index (χ0n) is 16.6. The predicted molar refractivity (Wildman–Crippen MR) is 125 cm³/mol. The van der Waals surface area contributed by atoms with Gasteiger partial charge in [-0.2, -0.15) is 0 Å². The first kappa shape index (κ1) is 25.4. The van der Waals surface area contributed by atoms with Gasteiger partial charge in [0.15, 0.2) is 5.96 Å². The van der Waals surface area contributed by atoms with Crippen LogP contribution in [0.3, 0.4) is 0 Å². The molecule has 2 aromatic rings. The number of guanidine groups is 1. The molecule has 0 spiro atoms. The van der Waals surface area contributed by atoms with Gasteiger partial charge in [-0.15, -0.1) is 24.0 Å². The van der Waals surface area contributed by atoms with Gasteiger partial charge in [0.25, 0.3) is 0 Å². The van der Waals surface area contributed by atoms with Crippen LogP contribution in [0.4, 0.5) is 0 Å². The van der Waals surface area contributed by atoms with Crippen molar-refractivity contribution in [1.82, 2.24) is 15.4 Å². The van der Waals surface area contributed by atoms with Crippen molar-refractivity contribution in [2.75, 3.05) is 25.4 Å². The maximum Gasteiger partial charge on any atom is 0.213 e. The van der Waals surface area contributed by atoms with Crippen LogP contribution in [0.2, 0.25) is 0 Å². The second kappa shape index (κ2) is 12.2. The fraction of sp³-hybridized carbons (Fsp3) is 0.421. The van der Waals surface area contributed by atoms with Gasteiger partial charge in [-0.3, -0.25) is 0 Å². The number of furan rings is 1. The van der Waals surface area contributed by atoms with Gasteiger partial charge < -0.3 is 20.2 Å². The number of aliphatic hydroxyl groups is 1. The quantitative estimate of drug-likeness (QED) is 0.209. The summed E-state index contributed by atoms with van der Waals surface area (Å²) >= 11 is 0. The van der Waals surface area contributed by atoms with E-state index in [9.17, 15) is 13.5 Å². The van der Waals surface area contributed by atoms with E-state index < -0.39 is 15.6 Å². The third-order valence-electron chi connectivity index (χ3n) is 3.94. The van der Waals surface area contributed by atoms with Crippen molar-refractivity contribution in [2.45, 2.75) is 26.0 Å². The van der Waals surface area contributed by atoms with E-state index in [0.29, 0.717) is 18.3 Å². The van der Waals surface area contributed by atoms with Crippen LogP contribution in [0, 0.1) is 0 Å². The number of sulfonamides is 1. The number of nitrogens with one attached hydrogen (secondary N) is 3. The average Bonchev–Trinajstić information content (AvgIpc) is 3.21. The van der Waals surface area contributed by atoms with E-state index in [0.717, 1.165) is 5.56 Å². The highest BCUT2D eigenvalue weighted by molar-refractivity contribution is 14.0. The first-order valence-corrected chi connectivity index (χ1v) is 10.8. The lowest BCUT2D eigenvalue weighted by Gasteiger charge is -2.19. The lowest BCUT2D eigenvalue weighted by atomic mass is 10.0. The van der Waals surface area contributed by atoms with Gasteiger partial charge in [-0.05, 0) is 31.5 Å². The highest BCUT2D eigenvalue weighted by Gasteiger charge is 2.26. The van der Waals surface area contributed by atoms with Gasteiger partial charge >= 0.3 is 0 Å². The van der Waals surface area contributed by atoms with Gasteiger partial charge in [0, 0.05) is 19.6 Å². The molecule has 8 nitrogen and oxygen atoms in total. The number of aliphatic imine (C=N–C) groups is 1. The van der Waals surface area contributed by atoms with Gasteiger partial charge in [0.2, 0.25) is 10.0 Å². The molecule has 0 saturated heterocycles. The molecule has 0 aliphatic carbocycles. The Morgan fingerprint density at radius 3 is 2.52 bits per heavy atom. The summed E-state index contributed by atoms with van der Waals surface area (Å²) in [6.45, 7) is 4.61. The lowest BCUT2D eigenvalue weighted by Crippen LogP contribution is -2.42. The SMILES string of the molecule is CCNC(=NCC(C)(O)c1ccco1)NCCS(=O)(=O)NCc1ccccc1.I. The van der Waals surface area contributed by atoms with E-state index in [1.54, 1.807) is 19.1 Å². The van der Waals surface area contributed by atoms with E-state index in [2.05, 4.69) is 20.3 Å². The van der Waals surface area contributed by atoms with E-state index >= 15 is 0 Å². The minimum absolute atomic E-state index is 0. The zero-order chi connectivity index (χ0) is 20.5. The molecule has 0 bridgehead atoms. The molecule has 1 aromatic carbocycles. The zero-order valence-corrected chi connectivity index (χ0v) is 19.7. The Hall–Kier alpha value is -1.63. The molecular weight excluding hydrogens is 507 g/mol. The van der Waals surface area contributed by atoms with Crippen molar-refractivity contribution in [3.05, 3.63) is 60.1 Å². The van der Waals surface area contributed by atoms with Crippen LogP contribution >= 0.6 is 24.0 Å². The van der Waals surface area contributed by atoms with Gasteiger partial charge in [-0.1, -0.05) is 30.3 Å². The second-order valence-corrected chi connectivity index (χ2v) is 8.43. The molecule has 1 aromatic heterocycles. The Bertz CT molecular complexity index is 840. The maximum absolute atomic E-state index is 12.2. The molecule has 4 N–H and O–H groups in total. The smallest absolute Gasteiger partial charge is 0.213 e. The molecular formula is C19H29IN4O4S. The predicted octanol–water partition coefficient (Wildman–Crippen LogP) is 1.78. The molecule has 0 radical (unpaired) electrons. The Morgan fingerprint density at radius 2 is 1.90 bits per heavy atom. The molecule has 1 atom stereocenters. The van der Waals surface area contributed by atoms with Crippen LogP contribution < -0.4 is 15.4 Å². The minimum atomic E-state index is -3.43. The van der Waals surface area contributed by atoms with Crippen LogP contribution in [0.15, 0.2) is 58.1 Å². The summed E-state index contributed by atoms with van der Waals surface area (Å²) in [5.74, 6) is 0.742. The van der Waals surface area contributed by atoms with Crippen molar-refractivity contribution in [1.29, 1.82) is 0 Å². The third-order valence-corrected chi connectivity index (χ3v) is 5.27. The van der Waals surface area contributed by atoms with E-state index in [1.807, 2.05) is 37.3 Å². The summed E-state index contributed by atoms with van der Waals surface area (Å²) in [4.78, 5) is 4.32. The average molecular weight is 536 g/mol. The van der Waals surface area contributed by atoms with E-state index in [4.69, 9.17) is 4.42 Å². The van der Waals surface area contributed by atoms with Crippen LogP contribution in [0.5, 0.6) is 0 Å². The number of benzene rings is 1. The molecule has 0 amide bonds. The highest BCUT2D eigenvalue weighted by atomic mass is 127. The number of halogens is 1. The van der Waals surface area contributed by atoms with Gasteiger partial charge in [0.1, 0.15) is 11.4 Å². The number of rotatable bonds is 10. The largest absolute Gasteiger partial charge is 0.466 e. The topological polar surface area (TPSA) is 116 Å². The first-order valence-electron chi connectivity index (χ1n) is 9.12. The molecule has 1 unspecified atom stereocenters. The van der Waals surface area contributed by atoms with Crippen molar-refractivity contribution in [3.8, 4) is 0 Å². The van der Waals surface area contributed by atoms with E-state index in [-0.39, 0.29) is 49.4 Å². The van der Waals surface area contributed by atoms with Gasteiger partial charge in [0.05, 0.1) is 18.6 Å². The molecule has 1 heterocycles. The maximum atomic E-state index is 12.2. The second-order valence-electron chi connectivity index (χ2n) is 6.50. The Balaban J connectivity index is 0.00000420. The highest BCUT2D eigenvalue weighted by Crippen LogP contribution is 2.20. The van der Waals surface area contributed by atoms with Crippen LogP contribution in [-0.2, 0) is 22.2 Å². The monoisotopic (exact) mass is 536 g/mol. The molecule has 0 saturated carbocycles.